The number of carboxylic acids is 1. The van der Waals surface area contributed by atoms with Crippen molar-refractivity contribution in [2.75, 3.05) is 0 Å². The first-order chi connectivity index (χ1) is 9.08. The lowest BCUT2D eigenvalue weighted by Gasteiger charge is -2.06. The van der Waals surface area contributed by atoms with E-state index in [9.17, 15) is 14.9 Å². The Morgan fingerprint density at radius 3 is 2.37 bits per heavy atom. The molecule has 0 unspecified atom stereocenters. The number of para-hydroxylation sites is 1. The lowest BCUT2D eigenvalue weighted by atomic mass is 10.2. The molecule has 0 fully saturated rings. The molecule has 19 heavy (non-hydrogen) atoms. The zero-order valence-corrected chi connectivity index (χ0v) is 9.65. The van der Waals surface area contributed by atoms with Crippen molar-refractivity contribution in [3.63, 3.8) is 0 Å². The van der Waals surface area contributed by atoms with Gasteiger partial charge in [0.05, 0.1) is 11.0 Å². The van der Waals surface area contributed by atoms with Crippen molar-refractivity contribution in [1.29, 1.82) is 0 Å². The van der Waals surface area contributed by atoms with Crippen molar-refractivity contribution in [2.24, 2.45) is 0 Å². The zero-order chi connectivity index (χ0) is 13.8. The number of nitro groups is 1. The van der Waals surface area contributed by atoms with Gasteiger partial charge >= 0.3 is 5.97 Å². The first-order valence-electron chi connectivity index (χ1n) is 5.32. The van der Waals surface area contributed by atoms with E-state index in [0.29, 0.717) is 5.75 Å². The molecule has 2 aromatic carbocycles. The molecule has 0 aliphatic heterocycles. The van der Waals surface area contributed by atoms with E-state index >= 15 is 0 Å². The van der Waals surface area contributed by atoms with Crippen LogP contribution in [0.25, 0.3) is 0 Å². The highest BCUT2D eigenvalue weighted by Crippen LogP contribution is 2.28. The minimum atomic E-state index is -1.35. The van der Waals surface area contributed by atoms with Crippen molar-refractivity contribution in [3.05, 3.63) is 64.2 Å². The van der Waals surface area contributed by atoms with E-state index in [4.69, 9.17) is 9.84 Å². The third-order valence-electron chi connectivity index (χ3n) is 2.38. The summed E-state index contributed by atoms with van der Waals surface area (Å²) in [5.74, 6) is -0.624. The van der Waals surface area contributed by atoms with Gasteiger partial charge in [0.1, 0.15) is 17.1 Å². The Morgan fingerprint density at radius 2 is 1.79 bits per heavy atom. The Morgan fingerprint density at radius 1 is 1.11 bits per heavy atom. The van der Waals surface area contributed by atoms with Gasteiger partial charge in [-0.15, -0.1) is 0 Å². The van der Waals surface area contributed by atoms with Gasteiger partial charge in [-0.05, 0) is 24.3 Å². The van der Waals surface area contributed by atoms with Gasteiger partial charge in [0, 0.05) is 0 Å². The number of hydrogen-bond acceptors (Lipinski definition) is 4. The molecule has 0 atom stereocenters. The van der Waals surface area contributed by atoms with E-state index in [1.54, 1.807) is 24.3 Å². The quantitative estimate of drug-likeness (QED) is 0.673. The molecule has 6 heteroatoms. The van der Waals surface area contributed by atoms with Crippen LogP contribution < -0.4 is 4.74 Å². The monoisotopic (exact) mass is 259 g/mol. The van der Waals surface area contributed by atoms with E-state index in [0.717, 1.165) is 12.1 Å². The smallest absolute Gasteiger partial charge is 0.342 e. The first-order valence-corrected chi connectivity index (χ1v) is 5.32. The third-order valence-corrected chi connectivity index (χ3v) is 2.38. The number of carbonyl (C=O) groups is 1. The average Bonchev–Trinajstić information content (AvgIpc) is 2.39. The summed E-state index contributed by atoms with van der Waals surface area (Å²) in [6.45, 7) is 0. The lowest BCUT2D eigenvalue weighted by molar-refractivity contribution is -0.385. The first kappa shape index (κ1) is 12.6. The summed E-state index contributed by atoms with van der Waals surface area (Å²) in [6, 6.07) is 12.3. The molecule has 6 nitrogen and oxygen atoms in total. The molecule has 0 saturated carbocycles. The minimum absolute atomic E-state index is 0.211. The Hall–Kier alpha value is -2.89. The fraction of sp³-hybridized carbons (Fsp3) is 0. The molecule has 96 valence electrons. The van der Waals surface area contributed by atoms with Crippen LogP contribution in [-0.2, 0) is 0 Å². The highest BCUT2D eigenvalue weighted by atomic mass is 16.6. The minimum Gasteiger partial charge on any atom is -0.477 e. The van der Waals surface area contributed by atoms with E-state index in [-0.39, 0.29) is 11.3 Å². The van der Waals surface area contributed by atoms with Gasteiger partial charge in [-0.1, -0.05) is 18.2 Å². The third kappa shape index (κ3) is 2.86. The predicted octanol–water partition coefficient (Wildman–Crippen LogP) is 3.09. The molecule has 0 amide bonds. The van der Waals surface area contributed by atoms with Crippen LogP contribution in [0.15, 0.2) is 48.5 Å². The average molecular weight is 259 g/mol. The second-order valence-electron chi connectivity index (χ2n) is 3.66. The summed E-state index contributed by atoms with van der Waals surface area (Å²) in [4.78, 5) is 20.9. The summed E-state index contributed by atoms with van der Waals surface area (Å²) in [7, 11) is 0. The fourth-order valence-electron chi connectivity index (χ4n) is 1.53. The molecule has 0 saturated heterocycles. The van der Waals surface area contributed by atoms with Crippen LogP contribution in [0.5, 0.6) is 11.5 Å². The zero-order valence-electron chi connectivity index (χ0n) is 9.65. The summed E-state index contributed by atoms with van der Waals surface area (Å²) < 4.78 is 5.41. The number of rotatable bonds is 4. The number of benzene rings is 2. The van der Waals surface area contributed by atoms with Gasteiger partial charge in [0.25, 0.3) is 5.69 Å². The second kappa shape index (κ2) is 5.18. The largest absolute Gasteiger partial charge is 0.477 e. The Balaban J connectivity index is 2.36. The molecule has 0 radical (unpaired) electrons. The van der Waals surface area contributed by atoms with E-state index in [1.165, 1.54) is 6.07 Å². The topological polar surface area (TPSA) is 89.7 Å². The second-order valence-corrected chi connectivity index (χ2v) is 3.66. The van der Waals surface area contributed by atoms with Gasteiger partial charge < -0.3 is 9.84 Å². The van der Waals surface area contributed by atoms with Crippen molar-refractivity contribution in [1.82, 2.24) is 0 Å². The summed E-state index contributed by atoms with van der Waals surface area (Å²) in [6.07, 6.45) is 0. The Kier molecular flexibility index (Phi) is 3.42. The van der Waals surface area contributed by atoms with E-state index < -0.39 is 16.6 Å². The molecule has 0 aliphatic rings. The molecule has 2 rings (SSSR count). The van der Waals surface area contributed by atoms with Crippen LogP contribution in [-0.4, -0.2) is 16.0 Å². The van der Waals surface area contributed by atoms with Gasteiger partial charge in [0.2, 0.25) is 0 Å². The van der Waals surface area contributed by atoms with Gasteiger partial charge in [-0.3, -0.25) is 10.1 Å². The number of nitrogens with zero attached hydrogens (tertiary/aromatic N) is 1. The van der Waals surface area contributed by atoms with Crippen molar-refractivity contribution < 1.29 is 19.6 Å². The SMILES string of the molecule is O=C(O)c1ccc(Oc2ccccc2)cc1[N+](=O)[O-]. The number of carboxylic acid groups (broad SMARTS) is 1. The lowest BCUT2D eigenvalue weighted by Crippen LogP contribution is -2.02. The van der Waals surface area contributed by atoms with E-state index in [2.05, 4.69) is 0 Å². The molecular formula is C13H9NO5. The highest BCUT2D eigenvalue weighted by Gasteiger charge is 2.20. The number of nitro benzene ring substituents is 1. The molecule has 0 spiro atoms. The summed E-state index contributed by atoms with van der Waals surface area (Å²) >= 11 is 0. The van der Waals surface area contributed by atoms with E-state index in [1.807, 2.05) is 6.07 Å². The number of hydrogen-bond donors (Lipinski definition) is 1. The van der Waals surface area contributed by atoms with Crippen molar-refractivity contribution in [2.45, 2.75) is 0 Å². The Bertz CT molecular complexity index is 624. The van der Waals surface area contributed by atoms with Gasteiger partial charge in [-0.25, -0.2) is 4.79 Å². The van der Waals surface area contributed by atoms with Crippen LogP contribution in [0.4, 0.5) is 5.69 Å². The fourth-order valence-corrected chi connectivity index (χ4v) is 1.53. The van der Waals surface area contributed by atoms with Crippen molar-refractivity contribution >= 4 is 11.7 Å². The molecular weight excluding hydrogens is 250 g/mol. The summed E-state index contributed by atoms with van der Waals surface area (Å²) in [5.41, 5.74) is -0.869. The van der Waals surface area contributed by atoms with Crippen LogP contribution in [0, 0.1) is 10.1 Å². The molecule has 1 N–H and O–H groups in total. The molecule has 0 bridgehead atoms. The molecule has 0 aliphatic carbocycles. The van der Waals surface area contributed by atoms with Crippen LogP contribution in [0.1, 0.15) is 10.4 Å². The van der Waals surface area contributed by atoms with Crippen molar-refractivity contribution in [3.8, 4) is 11.5 Å². The maximum Gasteiger partial charge on any atom is 0.342 e. The summed E-state index contributed by atoms with van der Waals surface area (Å²) in [5, 5.41) is 19.7. The van der Waals surface area contributed by atoms with Crippen LogP contribution >= 0.6 is 0 Å². The highest BCUT2D eigenvalue weighted by molar-refractivity contribution is 5.92. The predicted molar refractivity (Wildman–Crippen MR) is 66.6 cm³/mol. The Labute approximate surface area is 108 Å². The maximum atomic E-state index is 10.9. The van der Waals surface area contributed by atoms with Gasteiger partial charge in [0.15, 0.2) is 0 Å². The normalized spacial score (nSPS) is 9.89. The standard InChI is InChI=1S/C13H9NO5/c15-13(16)11-7-6-10(8-12(11)14(17)18)19-9-4-2-1-3-5-9/h1-8H,(H,15,16). The van der Waals surface area contributed by atoms with Crippen LogP contribution in [0.3, 0.4) is 0 Å². The molecule has 0 heterocycles. The molecule has 0 aromatic heterocycles. The molecule has 2 aromatic rings. The number of ether oxygens (including phenoxy) is 1. The maximum absolute atomic E-state index is 10.9. The van der Waals surface area contributed by atoms with Crippen LogP contribution in [0.2, 0.25) is 0 Å². The number of aromatic carboxylic acids is 1. The van der Waals surface area contributed by atoms with Gasteiger partial charge in [-0.2, -0.15) is 0 Å².